The van der Waals surface area contributed by atoms with E-state index in [2.05, 4.69) is 109 Å². The Morgan fingerprint density at radius 3 is 1.75 bits per heavy atom. The van der Waals surface area contributed by atoms with E-state index >= 15 is 0 Å². The summed E-state index contributed by atoms with van der Waals surface area (Å²) >= 11 is 1.79. The van der Waals surface area contributed by atoms with Crippen LogP contribution in [-0.2, 0) is 0 Å². The van der Waals surface area contributed by atoms with E-state index in [0.717, 1.165) is 60.8 Å². The summed E-state index contributed by atoms with van der Waals surface area (Å²) in [6.45, 7) is 0. The van der Waals surface area contributed by atoms with Crippen molar-refractivity contribution in [3.05, 3.63) is 182 Å². The van der Waals surface area contributed by atoms with Gasteiger partial charge in [0.05, 0.1) is 0 Å². The van der Waals surface area contributed by atoms with Crippen molar-refractivity contribution in [2.24, 2.45) is 0 Å². The third-order valence-electron chi connectivity index (χ3n) is 10.4. The van der Waals surface area contributed by atoms with Crippen LogP contribution in [0.3, 0.4) is 0 Å². The van der Waals surface area contributed by atoms with E-state index in [1.54, 1.807) is 11.3 Å². The zero-order valence-corrected chi connectivity index (χ0v) is 30.7. The fraction of sp³-hybridized carbons (Fsp3) is 0. The second kappa shape index (κ2) is 13.2. The third kappa shape index (κ3) is 5.63. The van der Waals surface area contributed by atoms with Crippen LogP contribution in [0.2, 0.25) is 0 Å². The molecule has 0 saturated heterocycles. The highest BCUT2D eigenvalue weighted by molar-refractivity contribution is 7.26. The van der Waals surface area contributed by atoms with Crippen LogP contribution in [0, 0.1) is 0 Å². The predicted molar refractivity (Wildman–Crippen MR) is 230 cm³/mol. The molecule has 0 unspecified atom stereocenters. The van der Waals surface area contributed by atoms with Gasteiger partial charge in [-0.25, -0.2) is 19.9 Å². The number of rotatable bonds is 6. The molecule has 0 saturated carbocycles. The number of aromatic nitrogens is 4. The predicted octanol–water partition coefficient (Wildman–Crippen LogP) is 13.5. The van der Waals surface area contributed by atoms with E-state index in [4.69, 9.17) is 24.4 Å². The first kappa shape index (κ1) is 32.2. The average Bonchev–Trinajstić information content (AvgIpc) is 3.86. The van der Waals surface area contributed by atoms with Crippen LogP contribution < -0.4 is 0 Å². The molecule has 0 amide bonds. The molecule has 0 radical (unpaired) electrons. The van der Waals surface area contributed by atoms with Crippen molar-refractivity contribution in [1.29, 1.82) is 0 Å². The first-order chi connectivity index (χ1) is 27.7. The molecule has 3 heterocycles. The average molecular weight is 735 g/mol. The second-order valence-electron chi connectivity index (χ2n) is 13.8. The molecule has 0 atom stereocenters. The Hall–Kier alpha value is -7.28. The van der Waals surface area contributed by atoms with Crippen LogP contribution in [0.4, 0.5) is 0 Å². The minimum absolute atomic E-state index is 0.626. The number of oxazole rings is 1. The van der Waals surface area contributed by atoms with Gasteiger partial charge in [-0.3, -0.25) is 0 Å². The minimum atomic E-state index is 0.626. The molecule has 0 aliphatic carbocycles. The Balaban J connectivity index is 1.04. The van der Waals surface area contributed by atoms with Gasteiger partial charge in [0.1, 0.15) is 5.52 Å². The van der Waals surface area contributed by atoms with Crippen LogP contribution in [-0.4, -0.2) is 19.9 Å². The first-order valence-electron chi connectivity index (χ1n) is 18.5. The van der Waals surface area contributed by atoms with Crippen molar-refractivity contribution in [2.75, 3.05) is 0 Å². The molecule has 3 aromatic heterocycles. The largest absolute Gasteiger partial charge is 0.436 e. The van der Waals surface area contributed by atoms with Crippen molar-refractivity contribution in [3.63, 3.8) is 0 Å². The Kier molecular flexibility index (Phi) is 7.60. The minimum Gasteiger partial charge on any atom is -0.436 e. The summed E-state index contributed by atoms with van der Waals surface area (Å²) in [6.07, 6.45) is 0. The van der Waals surface area contributed by atoms with Gasteiger partial charge in [-0.05, 0) is 75.5 Å². The fourth-order valence-corrected chi connectivity index (χ4v) is 8.78. The number of fused-ring (bicyclic) bond motifs is 5. The monoisotopic (exact) mass is 734 g/mol. The maximum atomic E-state index is 6.32. The normalized spacial score (nSPS) is 11.6. The van der Waals surface area contributed by atoms with Crippen molar-refractivity contribution < 1.29 is 4.42 Å². The molecular weight excluding hydrogens is 705 g/mol. The highest BCUT2D eigenvalue weighted by Gasteiger charge is 2.18. The summed E-state index contributed by atoms with van der Waals surface area (Å²) in [4.78, 5) is 20.1. The van der Waals surface area contributed by atoms with E-state index in [1.807, 2.05) is 72.8 Å². The summed E-state index contributed by atoms with van der Waals surface area (Å²) < 4.78 is 8.73. The Bertz CT molecular complexity index is 3250. The summed E-state index contributed by atoms with van der Waals surface area (Å²) in [7, 11) is 0. The Morgan fingerprint density at radius 1 is 0.375 bits per heavy atom. The maximum absolute atomic E-state index is 6.32. The zero-order valence-electron chi connectivity index (χ0n) is 29.9. The molecule has 11 rings (SSSR count). The Labute approximate surface area is 326 Å². The van der Waals surface area contributed by atoms with Crippen LogP contribution in [0.5, 0.6) is 0 Å². The lowest BCUT2D eigenvalue weighted by atomic mass is 9.96. The van der Waals surface area contributed by atoms with Gasteiger partial charge in [-0.1, -0.05) is 140 Å². The second-order valence-corrected chi connectivity index (χ2v) is 14.9. The van der Waals surface area contributed by atoms with E-state index < -0.39 is 0 Å². The molecule has 0 bridgehead atoms. The van der Waals surface area contributed by atoms with Gasteiger partial charge in [-0.15, -0.1) is 11.3 Å². The van der Waals surface area contributed by atoms with E-state index in [0.29, 0.717) is 23.4 Å². The van der Waals surface area contributed by atoms with Crippen molar-refractivity contribution >= 4 is 53.4 Å². The summed E-state index contributed by atoms with van der Waals surface area (Å²) in [5.41, 5.74) is 9.93. The maximum Gasteiger partial charge on any atom is 0.227 e. The lowest BCUT2D eigenvalue weighted by Crippen LogP contribution is -2.01. The molecule has 56 heavy (non-hydrogen) atoms. The summed E-state index contributed by atoms with van der Waals surface area (Å²) in [6, 6.07) is 62.9. The molecule has 0 fully saturated rings. The van der Waals surface area contributed by atoms with Gasteiger partial charge < -0.3 is 4.42 Å². The molecule has 5 nitrogen and oxygen atoms in total. The van der Waals surface area contributed by atoms with Crippen LogP contribution >= 0.6 is 11.3 Å². The lowest BCUT2D eigenvalue weighted by molar-refractivity contribution is 0.620. The van der Waals surface area contributed by atoms with Crippen LogP contribution in [0.15, 0.2) is 186 Å². The molecular formula is C50H30N4OS. The van der Waals surface area contributed by atoms with E-state index in [9.17, 15) is 0 Å². The smallest absolute Gasteiger partial charge is 0.227 e. The van der Waals surface area contributed by atoms with E-state index in [1.165, 1.54) is 25.7 Å². The molecule has 0 N–H and O–H groups in total. The lowest BCUT2D eigenvalue weighted by Gasteiger charge is -2.12. The first-order valence-corrected chi connectivity index (χ1v) is 19.4. The number of thiophene rings is 1. The quantitative estimate of drug-likeness (QED) is 0.170. The fourth-order valence-electron chi connectivity index (χ4n) is 7.63. The summed E-state index contributed by atoms with van der Waals surface area (Å²) in [5.74, 6) is 2.53. The van der Waals surface area contributed by atoms with Gasteiger partial charge in [0, 0.05) is 42.4 Å². The summed E-state index contributed by atoms with van der Waals surface area (Å²) in [5, 5.41) is 4.63. The molecule has 0 spiro atoms. The SMILES string of the molecule is c1ccc(-c2nc(-c3ccc4ccc(-c5cccc6sc7cc8nc(-c9ccccc9)oc8cc7c56)cc4c3)nc(-c3ccccc3-c3ccccc3)n2)cc1. The third-order valence-corrected chi connectivity index (χ3v) is 11.5. The van der Waals surface area contributed by atoms with Gasteiger partial charge in [0.25, 0.3) is 0 Å². The number of hydrogen-bond acceptors (Lipinski definition) is 6. The van der Waals surface area contributed by atoms with Crippen LogP contribution in [0.25, 0.3) is 110 Å². The van der Waals surface area contributed by atoms with Gasteiger partial charge in [0.2, 0.25) is 5.89 Å². The molecule has 0 aliphatic rings. The molecule has 0 aliphatic heterocycles. The highest BCUT2D eigenvalue weighted by atomic mass is 32.1. The van der Waals surface area contributed by atoms with Crippen molar-refractivity contribution in [1.82, 2.24) is 19.9 Å². The highest BCUT2D eigenvalue weighted by Crippen LogP contribution is 2.43. The van der Waals surface area contributed by atoms with Gasteiger partial charge >= 0.3 is 0 Å². The number of hydrogen-bond donors (Lipinski definition) is 0. The van der Waals surface area contributed by atoms with Crippen LogP contribution in [0.1, 0.15) is 0 Å². The van der Waals surface area contributed by atoms with Gasteiger partial charge in [0.15, 0.2) is 23.1 Å². The molecule has 262 valence electrons. The zero-order chi connectivity index (χ0) is 37.0. The molecule has 11 aromatic rings. The Morgan fingerprint density at radius 2 is 0.982 bits per heavy atom. The number of benzene rings is 8. The van der Waals surface area contributed by atoms with Crippen molar-refractivity contribution in [3.8, 4) is 67.9 Å². The van der Waals surface area contributed by atoms with Crippen molar-refractivity contribution in [2.45, 2.75) is 0 Å². The number of nitrogens with zero attached hydrogens (tertiary/aromatic N) is 4. The topological polar surface area (TPSA) is 64.7 Å². The standard InChI is InChI=1S/C50H30N4OS/c1-4-13-32(14-5-1)38-19-10-11-20-40(38)49-53-47(33-15-6-2-7-16-33)52-48(54-49)36-26-24-31-23-25-35(27-37(31)28-36)39-21-12-22-44-46(39)41-29-43-42(30-45(41)56-44)51-50(55-43)34-17-8-3-9-18-34/h1-30H. The van der Waals surface area contributed by atoms with E-state index in [-0.39, 0.29) is 0 Å². The molecule has 6 heteroatoms. The molecule has 8 aromatic carbocycles. The van der Waals surface area contributed by atoms with Gasteiger partial charge in [-0.2, -0.15) is 0 Å².